The van der Waals surface area contributed by atoms with Crippen molar-refractivity contribution in [3.63, 3.8) is 0 Å². The Labute approximate surface area is 158 Å². The van der Waals surface area contributed by atoms with Gasteiger partial charge in [-0.1, -0.05) is 20.8 Å². The number of urea groups is 1. The number of carbonyl (C=O) groups is 3. The first-order chi connectivity index (χ1) is 12.1. The number of piperidine rings is 2. The lowest BCUT2D eigenvalue weighted by atomic mass is 9.79. The molecular weight excluding hydrogens is 356 g/mol. The average molecular weight is 386 g/mol. The van der Waals surface area contributed by atoms with E-state index in [4.69, 9.17) is 0 Å². The molecule has 10 heteroatoms. The smallest absolute Gasteiger partial charge is 0.407 e. The number of carboxylic acid groups (broad SMARTS) is 1. The molecule has 2 bridgehead atoms. The molecule has 0 aromatic carbocycles. The van der Waals surface area contributed by atoms with E-state index in [0.717, 1.165) is 5.06 Å². The van der Waals surface area contributed by atoms with Gasteiger partial charge in [0.25, 0.3) is 0 Å². The fourth-order valence-electron chi connectivity index (χ4n) is 4.37. The van der Waals surface area contributed by atoms with E-state index in [2.05, 4.69) is 5.32 Å². The zero-order valence-electron chi connectivity index (χ0n) is 16.0. The molecule has 3 heterocycles. The third-order valence-electron chi connectivity index (χ3n) is 5.84. The summed E-state index contributed by atoms with van der Waals surface area (Å²) in [6.45, 7) is 6.74. The van der Waals surface area contributed by atoms with Crippen molar-refractivity contribution < 1.29 is 30.2 Å². The van der Waals surface area contributed by atoms with E-state index in [1.54, 1.807) is 0 Å². The Morgan fingerprint density at radius 2 is 1.85 bits per heavy atom. The first-order valence-corrected chi connectivity index (χ1v) is 9.18. The van der Waals surface area contributed by atoms with Crippen molar-refractivity contribution in [3.05, 3.63) is 0 Å². The highest BCUT2D eigenvalue weighted by atomic mass is 16.5. The summed E-state index contributed by atoms with van der Waals surface area (Å²) in [4.78, 5) is 39.2. The predicted octanol–water partition coefficient (Wildman–Crippen LogP) is 0.493. The Bertz CT molecular complexity index is 607. The SMILES string of the molecule is CC(C)(C)C1CC(NC(=O)[C@@H]2CC[C@@H]3CN2C(=O)N3O)CCN1C(=O)O.O. The van der Waals surface area contributed by atoms with Gasteiger partial charge < -0.3 is 25.7 Å². The fraction of sp³-hybridized carbons (Fsp3) is 0.824. The molecule has 3 saturated heterocycles. The molecule has 4 amide bonds. The summed E-state index contributed by atoms with van der Waals surface area (Å²) < 4.78 is 0. The van der Waals surface area contributed by atoms with Gasteiger partial charge in [0.15, 0.2) is 0 Å². The standard InChI is InChI=1S/C17H28N4O5.H2O/c1-17(2,3)13-8-10(6-7-19(13)16(24)25)18-14(22)12-5-4-11-9-20(12)15(23)21(11)26;/h10-13,26H,4-9H2,1-3H3,(H,18,22)(H,24,25);1H2/t10?,11-,12+,13?;/m1./s1. The van der Waals surface area contributed by atoms with E-state index in [1.807, 2.05) is 20.8 Å². The van der Waals surface area contributed by atoms with Crippen molar-refractivity contribution in [2.24, 2.45) is 5.41 Å². The summed E-state index contributed by atoms with van der Waals surface area (Å²) >= 11 is 0. The van der Waals surface area contributed by atoms with Crippen molar-refractivity contribution in [1.82, 2.24) is 20.2 Å². The predicted molar refractivity (Wildman–Crippen MR) is 95.3 cm³/mol. The fourth-order valence-corrected chi connectivity index (χ4v) is 4.37. The number of hydroxylamine groups is 2. The molecule has 2 unspecified atom stereocenters. The van der Waals surface area contributed by atoms with Crippen LogP contribution in [0.5, 0.6) is 0 Å². The zero-order valence-corrected chi connectivity index (χ0v) is 16.0. The van der Waals surface area contributed by atoms with Crippen LogP contribution in [-0.4, -0.2) is 85.9 Å². The van der Waals surface area contributed by atoms with Gasteiger partial charge in [0, 0.05) is 25.2 Å². The minimum atomic E-state index is -0.932. The molecule has 0 saturated carbocycles. The summed E-state index contributed by atoms with van der Waals surface area (Å²) in [7, 11) is 0. The minimum Gasteiger partial charge on any atom is -0.465 e. The molecule has 0 spiro atoms. The quantitative estimate of drug-likeness (QED) is 0.592. The topological polar surface area (TPSA) is 145 Å². The highest BCUT2D eigenvalue weighted by Gasteiger charge is 2.47. The van der Waals surface area contributed by atoms with Crippen LogP contribution in [0, 0.1) is 5.41 Å². The average Bonchev–Trinajstić information content (AvgIpc) is 2.78. The highest BCUT2D eigenvalue weighted by molar-refractivity contribution is 5.88. The van der Waals surface area contributed by atoms with Crippen LogP contribution in [-0.2, 0) is 4.79 Å². The van der Waals surface area contributed by atoms with Crippen LogP contribution in [0.15, 0.2) is 0 Å². The van der Waals surface area contributed by atoms with Crippen LogP contribution in [0.1, 0.15) is 46.5 Å². The minimum absolute atomic E-state index is 0. The molecule has 0 aliphatic carbocycles. The molecule has 3 aliphatic heterocycles. The van der Waals surface area contributed by atoms with Crippen LogP contribution in [0.2, 0.25) is 0 Å². The molecule has 3 rings (SSSR count). The Morgan fingerprint density at radius 1 is 1.19 bits per heavy atom. The first-order valence-electron chi connectivity index (χ1n) is 9.18. The monoisotopic (exact) mass is 386 g/mol. The van der Waals surface area contributed by atoms with Gasteiger partial charge >= 0.3 is 12.1 Å². The largest absolute Gasteiger partial charge is 0.465 e. The summed E-state index contributed by atoms with van der Waals surface area (Å²) in [5.41, 5.74) is -0.234. The molecule has 3 aliphatic rings. The number of nitrogens with one attached hydrogen (secondary N) is 1. The number of likely N-dealkylation sites (tertiary alicyclic amines) is 1. The van der Waals surface area contributed by atoms with Crippen LogP contribution >= 0.6 is 0 Å². The maximum absolute atomic E-state index is 12.7. The lowest BCUT2D eigenvalue weighted by molar-refractivity contribution is -0.127. The van der Waals surface area contributed by atoms with E-state index >= 15 is 0 Å². The van der Waals surface area contributed by atoms with Gasteiger partial charge in [0.1, 0.15) is 6.04 Å². The molecule has 0 radical (unpaired) electrons. The van der Waals surface area contributed by atoms with Gasteiger partial charge in [0.05, 0.1) is 6.04 Å². The Hall–Kier alpha value is -2.07. The number of fused-ring (bicyclic) bond motifs is 2. The van der Waals surface area contributed by atoms with Crippen molar-refractivity contribution in [3.8, 4) is 0 Å². The molecule has 3 fully saturated rings. The molecule has 27 heavy (non-hydrogen) atoms. The lowest BCUT2D eigenvalue weighted by Crippen LogP contribution is -2.58. The summed E-state index contributed by atoms with van der Waals surface area (Å²) in [5.74, 6) is -0.214. The third kappa shape index (κ3) is 3.96. The van der Waals surface area contributed by atoms with E-state index in [0.29, 0.717) is 38.8 Å². The summed E-state index contributed by atoms with van der Waals surface area (Å²) in [6, 6.07) is -1.61. The van der Waals surface area contributed by atoms with Gasteiger partial charge in [-0.3, -0.25) is 10.0 Å². The van der Waals surface area contributed by atoms with Crippen molar-refractivity contribution in [2.45, 2.75) is 70.6 Å². The van der Waals surface area contributed by atoms with Gasteiger partial charge in [-0.2, -0.15) is 0 Å². The highest BCUT2D eigenvalue weighted by Crippen LogP contribution is 2.33. The summed E-state index contributed by atoms with van der Waals surface area (Å²) in [6.07, 6.45) is 1.30. The van der Waals surface area contributed by atoms with Crippen LogP contribution in [0.3, 0.4) is 0 Å². The van der Waals surface area contributed by atoms with Crippen LogP contribution in [0.25, 0.3) is 0 Å². The Balaban J connectivity index is 0.00000261. The molecule has 4 atom stereocenters. The lowest BCUT2D eigenvalue weighted by Gasteiger charge is -2.45. The van der Waals surface area contributed by atoms with Gasteiger partial charge in [0.2, 0.25) is 5.91 Å². The molecule has 10 nitrogen and oxygen atoms in total. The number of rotatable bonds is 2. The summed E-state index contributed by atoms with van der Waals surface area (Å²) in [5, 5.41) is 22.9. The second-order valence-corrected chi connectivity index (χ2v) is 8.61. The Kier molecular flexibility index (Phi) is 5.91. The first kappa shape index (κ1) is 21.2. The van der Waals surface area contributed by atoms with Crippen molar-refractivity contribution in [2.75, 3.05) is 13.1 Å². The number of hydrogen-bond donors (Lipinski definition) is 3. The van der Waals surface area contributed by atoms with E-state index in [9.17, 15) is 24.7 Å². The molecule has 0 aromatic heterocycles. The zero-order chi connectivity index (χ0) is 19.2. The van der Waals surface area contributed by atoms with Crippen molar-refractivity contribution >= 4 is 18.0 Å². The van der Waals surface area contributed by atoms with Crippen molar-refractivity contribution in [1.29, 1.82) is 0 Å². The molecule has 0 aromatic rings. The van der Waals surface area contributed by atoms with E-state index < -0.39 is 18.2 Å². The van der Waals surface area contributed by atoms with Gasteiger partial charge in [-0.25, -0.2) is 14.7 Å². The van der Waals surface area contributed by atoms with E-state index in [-0.39, 0.29) is 34.9 Å². The molecular formula is C17H30N4O6. The Morgan fingerprint density at radius 3 is 2.44 bits per heavy atom. The second-order valence-electron chi connectivity index (χ2n) is 8.61. The van der Waals surface area contributed by atoms with E-state index in [1.165, 1.54) is 9.80 Å². The normalized spacial score (nSPS) is 30.8. The van der Waals surface area contributed by atoms with Gasteiger partial charge in [-0.05, 0) is 31.1 Å². The number of amides is 4. The maximum Gasteiger partial charge on any atom is 0.407 e. The number of nitrogens with zero attached hydrogens (tertiary/aromatic N) is 3. The van der Waals surface area contributed by atoms with Gasteiger partial charge in [-0.15, -0.1) is 0 Å². The molecule has 5 N–H and O–H groups in total. The van der Waals surface area contributed by atoms with Crippen LogP contribution in [0.4, 0.5) is 9.59 Å². The molecule has 154 valence electrons. The van der Waals surface area contributed by atoms with Crippen LogP contribution < -0.4 is 5.32 Å². The number of hydrogen-bond acceptors (Lipinski definition) is 4. The number of carbonyl (C=O) groups excluding carboxylic acids is 2. The third-order valence-corrected chi connectivity index (χ3v) is 5.84. The second kappa shape index (κ2) is 7.51. The maximum atomic E-state index is 12.7.